The zero-order chi connectivity index (χ0) is 14.1. The third kappa shape index (κ3) is 4.39. The van der Waals surface area contributed by atoms with Gasteiger partial charge in [0.2, 0.25) is 0 Å². The first-order valence-electron chi connectivity index (χ1n) is 7.57. The van der Waals surface area contributed by atoms with Crippen molar-refractivity contribution < 1.29 is 13.3 Å². The van der Waals surface area contributed by atoms with Crippen LogP contribution in [0.3, 0.4) is 0 Å². The molecule has 0 radical (unpaired) electrons. The van der Waals surface area contributed by atoms with Crippen LogP contribution >= 0.6 is 0 Å². The Morgan fingerprint density at radius 3 is 1.84 bits per heavy atom. The standard InChI is InChI=1S/C14H29NO3Si/c1-4-16-19(17-5-2,18-6-3)14(11-12-15)13-9-7-8-10-13/h4-12,15H2,1-3H3. The van der Waals surface area contributed by atoms with Crippen molar-refractivity contribution in [2.75, 3.05) is 26.4 Å². The largest absolute Gasteiger partial charge is 0.532 e. The number of rotatable bonds is 9. The van der Waals surface area contributed by atoms with Crippen LogP contribution in [0.4, 0.5) is 0 Å². The number of hydrogen-bond acceptors (Lipinski definition) is 4. The molecule has 0 atom stereocenters. The van der Waals surface area contributed by atoms with E-state index in [1.54, 1.807) is 0 Å². The Kier molecular flexibility index (Phi) is 7.86. The molecule has 2 N–H and O–H groups in total. The molecule has 1 rings (SSSR count). The third-order valence-electron chi connectivity index (χ3n) is 3.40. The lowest BCUT2D eigenvalue weighted by Crippen LogP contribution is -2.49. The van der Waals surface area contributed by atoms with Gasteiger partial charge in [-0.2, -0.15) is 0 Å². The van der Waals surface area contributed by atoms with Crippen molar-refractivity contribution in [2.24, 2.45) is 5.73 Å². The van der Waals surface area contributed by atoms with Crippen molar-refractivity contribution in [2.45, 2.75) is 52.9 Å². The summed E-state index contributed by atoms with van der Waals surface area (Å²) in [5.41, 5.74) is 7.28. The van der Waals surface area contributed by atoms with Crippen LogP contribution < -0.4 is 5.73 Å². The van der Waals surface area contributed by atoms with E-state index in [1.807, 2.05) is 20.8 Å². The van der Waals surface area contributed by atoms with Crippen molar-refractivity contribution in [3.8, 4) is 0 Å². The SMILES string of the molecule is CCO[Si](OCC)(OCC)C(CCN)=C1CCCC1. The molecule has 0 saturated heterocycles. The maximum absolute atomic E-state index is 6.02. The zero-order valence-corrected chi connectivity index (χ0v) is 13.7. The second-order valence-electron chi connectivity index (χ2n) is 4.68. The van der Waals surface area contributed by atoms with Crippen LogP contribution in [0.2, 0.25) is 0 Å². The van der Waals surface area contributed by atoms with Crippen LogP contribution in [0.15, 0.2) is 10.8 Å². The van der Waals surface area contributed by atoms with E-state index >= 15 is 0 Å². The number of hydrogen-bond donors (Lipinski definition) is 1. The highest BCUT2D eigenvalue weighted by atomic mass is 28.4. The van der Waals surface area contributed by atoms with Crippen LogP contribution in [0.1, 0.15) is 52.9 Å². The van der Waals surface area contributed by atoms with Crippen molar-refractivity contribution in [3.05, 3.63) is 10.8 Å². The lowest BCUT2D eigenvalue weighted by Gasteiger charge is -2.32. The van der Waals surface area contributed by atoms with Gasteiger partial charge in [-0.05, 0) is 59.4 Å². The van der Waals surface area contributed by atoms with Crippen molar-refractivity contribution in [1.29, 1.82) is 0 Å². The monoisotopic (exact) mass is 287 g/mol. The highest BCUT2D eigenvalue weighted by Gasteiger charge is 2.46. The molecule has 0 unspecified atom stereocenters. The Morgan fingerprint density at radius 1 is 1.00 bits per heavy atom. The van der Waals surface area contributed by atoms with E-state index in [-0.39, 0.29) is 0 Å². The molecule has 4 nitrogen and oxygen atoms in total. The Labute approximate surface area is 118 Å². The molecular weight excluding hydrogens is 258 g/mol. The van der Waals surface area contributed by atoms with Crippen LogP contribution in [0, 0.1) is 0 Å². The van der Waals surface area contributed by atoms with E-state index < -0.39 is 8.80 Å². The predicted octanol–water partition coefficient (Wildman–Crippen LogP) is 2.79. The molecule has 0 heterocycles. The molecular formula is C14H29NO3Si. The quantitative estimate of drug-likeness (QED) is 0.663. The fraction of sp³-hybridized carbons (Fsp3) is 0.857. The first-order valence-corrected chi connectivity index (χ1v) is 9.29. The van der Waals surface area contributed by atoms with Gasteiger partial charge in [-0.25, -0.2) is 0 Å². The molecule has 0 amide bonds. The second kappa shape index (κ2) is 8.87. The predicted molar refractivity (Wildman–Crippen MR) is 79.8 cm³/mol. The summed E-state index contributed by atoms with van der Waals surface area (Å²) in [6.45, 7) is 8.48. The zero-order valence-electron chi connectivity index (χ0n) is 12.7. The molecule has 0 aromatic rings. The Balaban J connectivity index is 3.10. The fourth-order valence-electron chi connectivity index (χ4n) is 2.75. The van der Waals surface area contributed by atoms with Crippen LogP contribution in [0.5, 0.6) is 0 Å². The Hall–Kier alpha value is -0.203. The van der Waals surface area contributed by atoms with Crippen molar-refractivity contribution >= 4 is 8.80 Å². The maximum atomic E-state index is 6.02. The van der Waals surface area contributed by atoms with Gasteiger partial charge in [0.1, 0.15) is 0 Å². The summed E-state index contributed by atoms with van der Waals surface area (Å²) in [6.07, 6.45) is 5.66. The number of allylic oxidation sites excluding steroid dienone is 1. The molecule has 0 spiro atoms. The van der Waals surface area contributed by atoms with Crippen molar-refractivity contribution in [1.82, 2.24) is 0 Å². The smallest absolute Gasteiger partial charge is 0.370 e. The topological polar surface area (TPSA) is 53.7 Å². The van der Waals surface area contributed by atoms with E-state index in [2.05, 4.69) is 0 Å². The fourth-order valence-corrected chi connectivity index (χ4v) is 5.80. The number of nitrogens with two attached hydrogens (primary N) is 1. The van der Waals surface area contributed by atoms with E-state index in [1.165, 1.54) is 23.6 Å². The minimum Gasteiger partial charge on any atom is -0.370 e. The average Bonchev–Trinajstić information content (AvgIpc) is 2.90. The molecule has 112 valence electrons. The molecule has 1 aliphatic carbocycles. The summed E-state index contributed by atoms with van der Waals surface area (Å²) in [6, 6.07) is 0. The lowest BCUT2D eigenvalue weighted by atomic mass is 10.2. The minimum absolute atomic E-state index is 0.619. The summed E-state index contributed by atoms with van der Waals surface area (Å²) in [5, 5.41) is 1.26. The first kappa shape index (κ1) is 16.9. The molecule has 5 heteroatoms. The molecule has 1 saturated carbocycles. The Bertz CT molecular complexity index is 269. The van der Waals surface area contributed by atoms with Crippen molar-refractivity contribution in [3.63, 3.8) is 0 Å². The summed E-state index contributed by atoms with van der Waals surface area (Å²) in [7, 11) is -2.71. The second-order valence-corrected chi connectivity index (χ2v) is 7.27. The molecule has 0 aromatic heterocycles. The van der Waals surface area contributed by atoms with Crippen LogP contribution in [-0.4, -0.2) is 35.2 Å². The summed E-state index contributed by atoms with van der Waals surface area (Å²) in [5.74, 6) is 0. The summed E-state index contributed by atoms with van der Waals surface area (Å²) >= 11 is 0. The molecule has 0 bridgehead atoms. The van der Waals surface area contributed by atoms with Gasteiger partial charge in [-0.1, -0.05) is 5.57 Å². The highest BCUT2D eigenvalue weighted by molar-refractivity contribution is 6.69. The first-order chi connectivity index (χ1) is 9.24. The van der Waals surface area contributed by atoms with Gasteiger partial charge in [0.15, 0.2) is 0 Å². The van der Waals surface area contributed by atoms with Gasteiger partial charge in [0.25, 0.3) is 0 Å². The highest BCUT2D eigenvalue weighted by Crippen LogP contribution is 2.34. The minimum atomic E-state index is -2.71. The van der Waals surface area contributed by atoms with Gasteiger partial charge in [0, 0.05) is 25.0 Å². The Morgan fingerprint density at radius 2 is 1.47 bits per heavy atom. The van der Waals surface area contributed by atoms with Gasteiger partial charge in [-0.15, -0.1) is 0 Å². The third-order valence-corrected chi connectivity index (χ3v) is 6.75. The molecule has 19 heavy (non-hydrogen) atoms. The van der Waals surface area contributed by atoms with Gasteiger partial charge >= 0.3 is 8.80 Å². The maximum Gasteiger partial charge on any atom is 0.532 e. The van der Waals surface area contributed by atoms with E-state index in [9.17, 15) is 0 Å². The molecule has 0 aliphatic heterocycles. The van der Waals surface area contributed by atoms with Crippen LogP contribution in [-0.2, 0) is 13.3 Å². The van der Waals surface area contributed by atoms with Gasteiger partial charge < -0.3 is 19.0 Å². The molecule has 1 fully saturated rings. The van der Waals surface area contributed by atoms with Gasteiger partial charge in [-0.3, -0.25) is 0 Å². The normalized spacial score (nSPS) is 16.1. The van der Waals surface area contributed by atoms with Gasteiger partial charge in [0.05, 0.1) is 0 Å². The van der Waals surface area contributed by atoms with E-state index in [4.69, 9.17) is 19.0 Å². The summed E-state index contributed by atoms with van der Waals surface area (Å²) < 4.78 is 18.1. The average molecular weight is 287 g/mol. The molecule has 1 aliphatic rings. The van der Waals surface area contributed by atoms with E-state index in [0.29, 0.717) is 26.4 Å². The summed E-state index contributed by atoms with van der Waals surface area (Å²) in [4.78, 5) is 0. The lowest BCUT2D eigenvalue weighted by molar-refractivity contribution is 0.0795. The van der Waals surface area contributed by atoms with Crippen LogP contribution in [0.25, 0.3) is 0 Å². The van der Waals surface area contributed by atoms with E-state index in [0.717, 1.165) is 19.3 Å². The molecule has 0 aromatic carbocycles.